The van der Waals surface area contributed by atoms with Crippen LogP contribution in [-0.2, 0) is 9.59 Å². The fraction of sp³-hybridized carbons (Fsp3) is 0.318. The summed E-state index contributed by atoms with van der Waals surface area (Å²) in [5, 5.41) is 3.60. The number of benzene rings is 2. The van der Waals surface area contributed by atoms with Crippen molar-refractivity contribution in [2.24, 2.45) is 4.99 Å². The number of amidine groups is 1. The van der Waals surface area contributed by atoms with Gasteiger partial charge in [0.2, 0.25) is 11.8 Å². The lowest BCUT2D eigenvalue weighted by Gasteiger charge is -2.11. The van der Waals surface area contributed by atoms with Crippen LogP contribution in [0.2, 0.25) is 5.02 Å². The Morgan fingerprint density at radius 3 is 2.55 bits per heavy atom. The van der Waals surface area contributed by atoms with Crippen molar-refractivity contribution in [1.29, 1.82) is 0 Å². The summed E-state index contributed by atoms with van der Waals surface area (Å²) in [6.07, 6.45) is 0.0845. The number of amides is 2. The van der Waals surface area contributed by atoms with Crippen molar-refractivity contribution >= 4 is 51.7 Å². The average molecular weight is 430 g/mol. The largest absolute Gasteiger partial charge is 0.326 e. The quantitative estimate of drug-likeness (QED) is 0.695. The van der Waals surface area contributed by atoms with Crippen LogP contribution in [0.1, 0.15) is 37.3 Å². The zero-order chi connectivity index (χ0) is 21.1. The smallest absolute Gasteiger partial charge is 0.242 e. The highest BCUT2D eigenvalue weighted by Gasteiger charge is 2.37. The number of halogens is 1. The molecule has 1 aliphatic rings. The molecule has 0 aliphatic carbocycles. The number of thioether (sulfide) groups is 1. The zero-order valence-electron chi connectivity index (χ0n) is 16.9. The lowest BCUT2D eigenvalue weighted by atomic mass is 10.0. The molecule has 0 radical (unpaired) electrons. The molecule has 1 heterocycles. The van der Waals surface area contributed by atoms with E-state index in [9.17, 15) is 9.59 Å². The van der Waals surface area contributed by atoms with E-state index < -0.39 is 5.25 Å². The van der Waals surface area contributed by atoms with Crippen LogP contribution in [0.5, 0.6) is 0 Å². The molecule has 2 amide bonds. The Labute approximate surface area is 180 Å². The van der Waals surface area contributed by atoms with E-state index in [2.05, 4.69) is 24.2 Å². The maximum Gasteiger partial charge on any atom is 0.242 e. The number of hydrogen-bond acceptors (Lipinski definition) is 4. The number of carbonyl (C=O) groups is 2. The Balaban J connectivity index is 1.67. The summed E-state index contributed by atoms with van der Waals surface area (Å²) in [7, 11) is 1.69. The molecule has 0 spiro atoms. The van der Waals surface area contributed by atoms with Crippen LogP contribution in [0.25, 0.3) is 0 Å². The highest BCUT2D eigenvalue weighted by molar-refractivity contribution is 8.15. The second-order valence-corrected chi connectivity index (χ2v) is 8.96. The van der Waals surface area contributed by atoms with Gasteiger partial charge in [0.1, 0.15) is 5.25 Å². The van der Waals surface area contributed by atoms with Gasteiger partial charge < -0.3 is 5.32 Å². The maximum absolute atomic E-state index is 12.6. The van der Waals surface area contributed by atoms with E-state index in [0.717, 1.165) is 11.3 Å². The second kappa shape index (κ2) is 9.01. The van der Waals surface area contributed by atoms with E-state index in [1.807, 2.05) is 31.2 Å². The van der Waals surface area contributed by atoms with Crippen molar-refractivity contribution in [3.05, 3.63) is 58.6 Å². The Morgan fingerprint density at radius 1 is 1.24 bits per heavy atom. The minimum absolute atomic E-state index is 0.0845. The molecule has 0 bridgehead atoms. The minimum atomic E-state index is -0.485. The second-order valence-electron chi connectivity index (χ2n) is 7.36. The van der Waals surface area contributed by atoms with Crippen LogP contribution in [0.15, 0.2) is 47.5 Å². The monoisotopic (exact) mass is 429 g/mol. The molecule has 0 aromatic heterocycles. The van der Waals surface area contributed by atoms with Crippen LogP contribution in [0.3, 0.4) is 0 Å². The Bertz CT molecular complexity index is 957. The molecule has 2 aromatic carbocycles. The fourth-order valence-corrected chi connectivity index (χ4v) is 4.36. The molecule has 5 nitrogen and oxygen atoms in total. The fourth-order valence-electron chi connectivity index (χ4n) is 2.98. The lowest BCUT2D eigenvalue weighted by Crippen LogP contribution is -2.30. The van der Waals surface area contributed by atoms with E-state index in [1.165, 1.54) is 22.2 Å². The average Bonchev–Trinajstić information content (AvgIpc) is 2.92. The normalized spacial score (nSPS) is 18.0. The van der Waals surface area contributed by atoms with Crippen molar-refractivity contribution in [3.8, 4) is 0 Å². The molecule has 2 aromatic rings. The van der Waals surface area contributed by atoms with Gasteiger partial charge in [-0.15, -0.1) is 0 Å². The maximum atomic E-state index is 12.6. The van der Waals surface area contributed by atoms with E-state index >= 15 is 0 Å². The third-order valence-corrected chi connectivity index (χ3v) is 6.22. The first-order valence-corrected chi connectivity index (χ1v) is 10.7. The van der Waals surface area contributed by atoms with Gasteiger partial charge in [-0.1, -0.05) is 49.3 Å². The van der Waals surface area contributed by atoms with Gasteiger partial charge in [-0.05, 0) is 54.3 Å². The van der Waals surface area contributed by atoms with Crippen molar-refractivity contribution in [2.45, 2.75) is 38.4 Å². The van der Waals surface area contributed by atoms with E-state index in [4.69, 9.17) is 11.6 Å². The van der Waals surface area contributed by atoms with Gasteiger partial charge in [0.25, 0.3) is 0 Å². The van der Waals surface area contributed by atoms with Gasteiger partial charge in [0.05, 0.1) is 5.69 Å². The number of nitrogens with zero attached hydrogens (tertiary/aromatic N) is 2. The molecule has 1 aliphatic heterocycles. The third kappa shape index (κ3) is 5.19. The first kappa shape index (κ1) is 21.4. The number of rotatable bonds is 5. The highest BCUT2D eigenvalue weighted by Crippen LogP contribution is 2.31. The van der Waals surface area contributed by atoms with Crippen LogP contribution < -0.4 is 5.32 Å². The zero-order valence-corrected chi connectivity index (χ0v) is 18.5. The number of carbonyl (C=O) groups excluding carboxylic acids is 2. The molecule has 1 atom stereocenters. The standard InChI is InChI=1S/C22H24ClN3O2S/c1-13(2)15-5-8-17(9-6-15)24-22-26(4)21(28)19(29-22)12-20(27)25-18-10-7-16(23)11-14(18)3/h5-11,13,19H,12H2,1-4H3,(H,25,27)/t19-/m0/s1. The van der Waals surface area contributed by atoms with Gasteiger partial charge >= 0.3 is 0 Å². The van der Waals surface area contributed by atoms with Gasteiger partial charge in [-0.3, -0.25) is 14.5 Å². The number of hydrogen-bond donors (Lipinski definition) is 1. The van der Waals surface area contributed by atoms with Crippen LogP contribution in [0, 0.1) is 6.92 Å². The molecule has 3 rings (SSSR count). The number of aryl methyl sites for hydroxylation is 1. The highest BCUT2D eigenvalue weighted by atomic mass is 35.5. The molecule has 1 N–H and O–H groups in total. The van der Waals surface area contributed by atoms with Crippen LogP contribution in [0.4, 0.5) is 11.4 Å². The molecular formula is C22H24ClN3O2S. The molecule has 152 valence electrons. The van der Waals surface area contributed by atoms with Gasteiger partial charge in [0.15, 0.2) is 5.17 Å². The molecule has 29 heavy (non-hydrogen) atoms. The third-order valence-electron chi connectivity index (χ3n) is 4.76. The van der Waals surface area contributed by atoms with Gasteiger partial charge in [-0.2, -0.15) is 0 Å². The molecule has 0 saturated carbocycles. The lowest BCUT2D eigenvalue weighted by molar-refractivity contribution is -0.127. The first-order chi connectivity index (χ1) is 13.7. The topological polar surface area (TPSA) is 61.8 Å². The summed E-state index contributed by atoms with van der Waals surface area (Å²) in [5.41, 5.74) is 3.60. The van der Waals surface area contributed by atoms with Gasteiger partial charge in [-0.25, -0.2) is 4.99 Å². The van der Waals surface area contributed by atoms with Crippen LogP contribution in [-0.4, -0.2) is 34.2 Å². The van der Waals surface area contributed by atoms with E-state index in [0.29, 0.717) is 21.8 Å². The number of nitrogens with one attached hydrogen (secondary N) is 1. The Kier molecular flexibility index (Phi) is 6.65. The summed E-state index contributed by atoms with van der Waals surface area (Å²) in [5.74, 6) is 0.127. The van der Waals surface area contributed by atoms with Crippen molar-refractivity contribution in [3.63, 3.8) is 0 Å². The summed E-state index contributed by atoms with van der Waals surface area (Å²) < 4.78 is 0. The summed E-state index contributed by atoms with van der Waals surface area (Å²) >= 11 is 7.28. The molecule has 1 fully saturated rings. The Hall–Kier alpha value is -2.31. The summed E-state index contributed by atoms with van der Waals surface area (Å²) in [4.78, 5) is 31.1. The van der Waals surface area contributed by atoms with E-state index in [1.54, 1.807) is 25.2 Å². The van der Waals surface area contributed by atoms with Crippen molar-refractivity contribution in [1.82, 2.24) is 4.90 Å². The number of aliphatic imine (C=N–C) groups is 1. The number of anilines is 1. The van der Waals surface area contributed by atoms with Crippen molar-refractivity contribution in [2.75, 3.05) is 12.4 Å². The van der Waals surface area contributed by atoms with Crippen LogP contribution >= 0.6 is 23.4 Å². The Morgan fingerprint density at radius 2 is 1.93 bits per heavy atom. The first-order valence-electron chi connectivity index (χ1n) is 9.43. The minimum Gasteiger partial charge on any atom is -0.326 e. The SMILES string of the molecule is Cc1cc(Cl)ccc1NC(=O)C[C@@H]1SC(=Nc2ccc(C(C)C)cc2)N(C)C1=O. The predicted octanol–water partition coefficient (Wildman–Crippen LogP) is 5.36. The summed E-state index contributed by atoms with van der Waals surface area (Å²) in [6, 6.07) is 13.3. The molecular weight excluding hydrogens is 406 g/mol. The molecule has 0 unspecified atom stereocenters. The molecule has 1 saturated heterocycles. The van der Waals surface area contributed by atoms with Gasteiger partial charge in [0, 0.05) is 24.2 Å². The molecule has 7 heteroatoms. The van der Waals surface area contributed by atoms with Crippen molar-refractivity contribution < 1.29 is 9.59 Å². The summed E-state index contributed by atoms with van der Waals surface area (Å²) in [6.45, 7) is 6.16. The van der Waals surface area contributed by atoms with E-state index in [-0.39, 0.29) is 18.2 Å². The predicted molar refractivity (Wildman–Crippen MR) is 121 cm³/mol.